The van der Waals surface area contributed by atoms with Crippen molar-refractivity contribution >= 4 is 28.9 Å². The molecule has 0 atom stereocenters. The van der Waals surface area contributed by atoms with Crippen molar-refractivity contribution in [2.75, 3.05) is 18.5 Å². The van der Waals surface area contributed by atoms with Crippen LogP contribution in [0.15, 0.2) is 41.8 Å². The summed E-state index contributed by atoms with van der Waals surface area (Å²) in [6.07, 6.45) is 0. The van der Waals surface area contributed by atoms with Crippen LogP contribution in [0.2, 0.25) is 0 Å². The van der Waals surface area contributed by atoms with E-state index in [0.29, 0.717) is 22.9 Å². The smallest absolute Gasteiger partial charge is 0.348 e. The van der Waals surface area contributed by atoms with Gasteiger partial charge in [0.1, 0.15) is 10.6 Å². The van der Waals surface area contributed by atoms with E-state index in [0.717, 1.165) is 0 Å². The molecular weight excluding hydrogens is 290 g/mol. The Bertz CT molecular complexity index is 610. The Kier molecular flexibility index (Phi) is 5.34. The van der Waals surface area contributed by atoms with Crippen LogP contribution in [-0.2, 0) is 9.53 Å². The number of benzene rings is 1. The molecule has 0 bridgehead atoms. The van der Waals surface area contributed by atoms with E-state index in [1.807, 2.05) is 13.0 Å². The van der Waals surface area contributed by atoms with Crippen molar-refractivity contribution < 1.29 is 19.1 Å². The number of hydrogen-bond acceptors (Lipinski definition) is 5. The first-order valence-electron chi connectivity index (χ1n) is 6.43. The van der Waals surface area contributed by atoms with Gasteiger partial charge in [0.15, 0.2) is 6.61 Å². The molecule has 1 N–H and O–H groups in total. The Hall–Kier alpha value is -2.34. The monoisotopic (exact) mass is 305 g/mol. The highest BCUT2D eigenvalue weighted by Crippen LogP contribution is 2.23. The standard InChI is InChI=1S/C15H15NO4S/c1-2-19-12-7-4-3-6-11(12)16-14(17)10-20-15(18)13-8-5-9-21-13/h3-9H,2,10H2,1H3,(H,16,17). The molecule has 6 heteroatoms. The molecule has 5 nitrogen and oxygen atoms in total. The number of hydrogen-bond donors (Lipinski definition) is 1. The van der Waals surface area contributed by atoms with Gasteiger partial charge in [-0.1, -0.05) is 18.2 Å². The quantitative estimate of drug-likeness (QED) is 0.833. The maximum atomic E-state index is 11.8. The van der Waals surface area contributed by atoms with E-state index in [-0.39, 0.29) is 6.61 Å². The third-order valence-corrected chi connectivity index (χ3v) is 3.37. The lowest BCUT2D eigenvalue weighted by molar-refractivity contribution is -0.119. The number of carbonyl (C=O) groups is 2. The summed E-state index contributed by atoms with van der Waals surface area (Å²) in [5.41, 5.74) is 0.552. The summed E-state index contributed by atoms with van der Waals surface area (Å²) in [5.74, 6) is -0.330. The molecule has 0 radical (unpaired) electrons. The molecule has 0 aliphatic heterocycles. The van der Waals surface area contributed by atoms with Crippen molar-refractivity contribution in [1.82, 2.24) is 0 Å². The van der Waals surface area contributed by atoms with Crippen LogP contribution in [-0.4, -0.2) is 25.1 Å². The van der Waals surface area contributed by atoms with Crippen LogP contribution in [0.4, 0.5) is 5.69 Å². The van der Waals surface area contributed by atoms with E-state index in [9.17, 15) is 9.59 Å². The fourth-order valence-corrected chi connectivity index (χ4v) is 2.25. The molecule has 21 heavy (non-hydrogen) atoms. The van der Waals surface area contributed by atoms with Crippen LogP contribution in [0.1, 0.15) is 16.6 Å². The Balaban J connectivity index is 1.89. The van der Waals surface area contributed by atoms with Crippen LogP contribution in [0, 0.1) is 0 Å². The van der Waals surface area contributed by atoms with E-state index >= 15 is 0 Å². The highest BCUT2D eigenvalue weighted by molar-refractivity contribution is 7.11. The number of para-hydroxylation sites is 2. The Morgan fingerprint density at radius 1 is 1.19 bits per heavy atom. The fraction of sp³-hybridized carbons (Fsp3) is 0.200. The lowest BCUT2D eigenvalue weighted by atomic mass is 10.3. The van der Waals surface area contributed by atoms with Gasteiger partial charge in [0.25, 0.3) is 5.91 Å². The molecular formula is C15H15NO4S. The van der Waals surface area contributed by atoms with Gasteiger partial charge in [-0.05, 0) is 30.5 Å². The second-order valence-electron chi connectivity index (χ2n) is 4.03. The lowest BCUT2D eigenvalue weighted by Crippen LogP contribution is -2.21. The van der Waals surface area contributed by atoms with Gasteiger partial charge < -0.3 is 14.8 Å². The molecule has 1 amide bonds. The van der Waals surface area contributed by atoms with Crippen LogP contribution >= 0.6 is 11.3 Å². The van der Waals surface area contributed by atoms with E-state index in [1.54, 1.807) is 35.7 Å². The molecule has 0 saturated carbocycles. The predicted molar refractivity (Wildman–Crippen MR) is 80.8 cm³/mol. The number of carbonyl (C=O) groups excluding carboxylic acids is 2. The minimum absolute atomic E-state index is 0.336. The Morgan fingerprint density at radius 2 is 2.00 bits per heavy atom. The molecule has 0 fully saturated rings. The average Bonchev–Trinajstić information content (AvgIpc) is 3.01. The molecule has 1 heterocycles. The largest absolute Gasteiger partial charge is 0.492 e. The van der Waals surface area contributed by atoms with Gasteiger partial charge in [-0.3, -0.25) is 4.79 Å². The number of ether oxygens (including phenoxy) is 2. The topological polar surface area (TPSA) is 64.6 Å². The minimum Gasteiger partial charge on any atom is -0.492 e. The maximum Gasteiger partial charge on any atom is 0.348 e. The molecule has 110 valence electrons. The summed E-state index contributed by atoms with van der Waals surface area (Å²) >= 11 is 1.27. The van der Waals surface area contributed by atoms with Crippen molar-refractivity contribution in [1.29, 1.82) is 0 Å². The zero-order valence-electron chi connectivity index (χ0n) is 11.5. The Labute approximate surface area is 126 Å². The summed E-state index contributed by atoms with van der Waals surface area (Å²) in [5, 5.41) is 4.43. The highest BCUT2D eigenvalue weighted by Gasteiger charge is 2.12. The number of anilines is 1. The van der Waals surface area contributed by atoms with Gasteiger partial charge in [-0.15, -0.1) is 11.3 Å². The third-order valence-electron chi connectivity index (χ3n) is 2.52. The third kappa shape index (κ3) is 4.32. The summed E-state index contributed by atoms with van der Waals surface area (Å²) in [4.78, 5) is 23.9. The molecule has 0 aliphatic rings. The van der Waals surface area contributed by atoms with Crippen molar-refractivity contribution in [2.45, 2.75) is 6.92 Å². The van der Waals surface area contributed by atoms with Gasteiger partial charge in [0.05, 0.1) is 12.3 Å². The Morgan fingerprint density at radius 3 is 2.71 bits per heavy atom. The molecule has 0 saturated heterocycles. The lowest BCUT2D eigenvalue weighted by Gasteiger charge is -2.11. The normalized spacial score (nSPS) is 9.95. The van der Waals surface area contributed by atoms with Crippen molar-refractivity contribution in [3.63, 3.8) is 0 Å². The summed E-state index contributed by atoms with van der Waals surface area (Å²) < 4.78 is 10.3. The van der Waals surface area contributed by atoms with Gasteiger partial charge in [-0.25, -0.2) is 4.79 Å². The first kappa shape index (κ1) is 15.1. The van der Waals surface area contributed by atoms with Gasteiger partial charge in [0, 0.05) is 0 Å². The van der Waals surface area contributed by atoms with E-state index in [2.05, 4.69) is 5.32 Å². The van der Waals surface area contributed by atoms with E-state index in [1.165, 1.54) is 11.3 Å². The number of nitrogens with one attached hydrogen (secondary N) is 1. The second kappa shape index (κ2) is 7.44. The zero-order valence-corrected chi connectivity index (χ0v) is 12.3. The van der Waals surface area contributed by atoms with Crippen LogP contribution < -0.4 is 10.1 Å². The van der Waals surface area contributed by atoms with Gasteiger partial charge in [0.2, 0.25) is 0 Å². The van der Waals surface area contributed by atoms with Crippen molar-refractivity contribution in [3.8, 4) is 5.75 Å². The van der Waals surface area contributed by atoms with Gasteiger partial charge in [-0.2, -0.15) is 0 Å². The first-order chi connectivity index (χ1) is 10.2. The number of rotatable bonds is 6. The number of amides is 1. The minimum atomic E-state index is -0.502. The molecule has 1 aromatic carbocycles. The molecule has 0 aliphatic carbocycles. The summed E-state index contributed by atoms with van der Waals surface area (Å²) in [7, 11) is 0. The van der Waals surface area contributed by atoms with E-state index in [4.69, 9.17) is 9.47 Å². The molecule has 2 rings (SSSR count). The number of thiophene rings is 1. The van der Waals surface area contributed by atoms with Crippen molar-refractivity contribution in [2.24, 2.45) is 0 Å². The molecule has 1 aromatic heterocycles. The second-order valence-corrected chi connectivity index (χ2v) is 4.98. The number of esters is 1. The first-order valence-corrected chi connectivity index (χ1v) is 7.31. The van der Waals surface area contributed by atoms with E-state index < -0.39 is 11.9 Å². The van der Waals surface area contributed by atoms with Crippen LogP contribution in [0.3, 0.4) is 0 Å². The SMILES string of the molecule is CCOc1ccccc1NC(=O)COC(=O)c1cccs1. The average molecular weight is 305 g/mol. The van der Waals surface area contributed by atoms with Crippen molar-refractivity contribution in [3.05, 3.63) is 46.7 Å². The summed E-state index contributed by atoms with van der Waals surface area (Å²) in [6.45, 7) is 2.03. The maximum absolute atomic E-state index is 11.8. The highest BCUT2D eigenvalue weighted by atomic mass is 32.1. The van der Waals surface area contributed by atoms with Crippen LogP contribution in [0.5, 0.6) is 5.75 Å². The molecule has 0 unspecified atom stereocenters. The molecule has 2 aromatic rings. The summed E-state index contributed by atoms with van der Waals surface area (Å²) in [6, 6.07) is 10.5. The fourth-order valence-electron chi connectivity index (χ4n) is 1.63. The predicted octanol–water partition coefficient (Wildman–Crippen LogP) is 2.94. The molecule has 0 spiro atoms. The zero-order chi connectivity index (χ0) is 15.1. The van der Waals surface area contributed by atoms with Crippen LogP contribution in [0.25, 0.3) is 0 Å². The van der Waals surface area contributed by atoms with Gasteiger partial charge >= 0.3 is 5.97 Å².